The van der Waals surface area contributed by atoms with E-state index in [1.165, 1.54) is 0 Å². The van der Waals surface area contributed by atoms with Crippen molar-refractivity contribution in [3.8, 4) is 0 Å². The van der Waals surface area contributed by atoms with Crippen molar-refractivity contribution in [2.75, 3.05) is 11.4 Å². The topological polar surface area (TPSA) is 85.2 Å². The van der Waals surface area contributed by atoms with Gasteiger partial charge in [0, 0.05) is 18.3 Å². The van der Waals surface area contributed by atoms with Gasteiger partial charge in [0.15, 0.2) is 0 Å². The Labute approximate surface area is 111 Å². The zero-order valence-electron chi connectivity index (χ0n) is 10.0. The second-order valence-electron chi connectivity index (χ2n) is 4.37. The molecular weight excluding hydrogens is 248 g/mol. The highest BCUT2D eigenvalue weighted by Crippen LogP contribution is 2.23. The highest BCUT2D eigenvalue weighted by atomic mass is 32.1. The highest BCUT2D eigenvalue weighted by molar-refractivity contribution is 7.80. The Balaban J connectivity index is 2.30. The van der Waals surface area contributed by atoms with Crippen LogP contribution in [0.1, 0.15) is 24.8 Å². The van der Waals surface area contributed by atoms with Crippen LogP contribution in [0.25, 0.3) is 0 Å². The van der Waals surface area contributed by atoms with Gasteiger partial charge in [-0.1, -0.05) is 12.2 Å². The van der Waals surface area contributed by atoms with Crippen molar-refractivity contribution in [2.24, 2.45) is 11.5 Å². The van der Waals surface area contributed by atoms with Crippen LogP contribution in [-0.4, -0.2) is 28.5 Å². The minimum Gasteiger partial charge on any atom is -0.389 e. The van der Waals surface area contributed by atoms with E-state index in [2.05, 4.69) is 4.98 Å². The Kier molecular flexibility index (Phi) is 3.76. The second kappa shape index (κ2) is 5.30. The molecule has 1 saturated heterocycles. The lowest BCUT2D eigenvalue weighted by molar-refractivity contribution is -0.119. The van der Waals surface area contributed by atoms with E-state index < -0.39 is 0 Å². The third kappa shape index (κ3) is 2.59. The number of piperidine rings is 1. The van der Waals surface area contributed by atoms with Crippen LogP contribution in [0.3, 0.4) is 0 Å². The third-order valence-corrected chi connectivity index (χ3v) is 3.39. The first-order valence-corrected chi connectivity index (χ1v) is 6.32. The van der Waals surface area contributed by atoms with Crippen LogP contribution in [0.4, 0.5) is 5.82 Å². The van der Waals surface area contributed by atoms with E-state index in [0.29, 0.717) is 10.8 Å². The van der Waals surface area contributed by atoms with Gasteiger partial charge < -0.3 is 16.4 Å². The first-order valence-electron chi connectivity index (χ1n) is 5.91. The first kappa shape index (κ1) is 12.8. The molecule has 1 aromatic rings. The molecule has 0 radical (unpaired) electrons. The fourth-order valence-electron chi connectivity index (χ4n) is 2.23. The number of primary amides is 1. The van der Waals surface area contributed by atoms with Gasteiger partial charge in [0.2, 0.25) is 5.91 Å². The summed E-state index contributed by atoms with van der Waals surface area (Å²) in [7, 11) is 0. The molecule has 1 fully saturated rings. The maximum Gasteiger partial charge on any atom is 0.240 e. The Hall–Kier alpha value is -1.69. The summed E-state index contributed by atoms with van der Waals surface area (Å²) < 4.78 is 0. The summed E-state index contributed by atoms with van der Waals surface area (Å²) in [5.74, 6) is 0.404. The first-order chi connectivity index (χ1) is 8.59. The predicted octanol–water partition coefficient (Wildman–Crippen LogP) is 0.560. The number of carbonyl (C=O) groups is 1. The zero-order valence-corrected chi connectivity index (χ0v) is 10.8. The van der Waals surface area contributed by atoms with Gasteiger partial charge in [-0.3, -0.25) is 4.79 Å². The average Bonchev–Trinajstić information content (AvgIpc) is 2.39. The quantitative estimate of drug-likeness (QED) is 0.779. The second-order valence-corrected chi connectivity index (χ2v) is 4.81. The predicted molar refractivity (Wildman–Crippen MR) is 74.3 cm³/mol. The molecule has 18 heavy (non-hydrogen) atoms. The van der Waals surface area contributed by atoms with Crippen LogP contribution in [-0.2, 0) is 4.79 Å². The zero-order chi connectivity index (χ0) is 13.1. The molecule has 1 atom stereocenters. The largest absolute Gasteiger partial charge is 0.389 e. The summed E-state index contributed by atoms with van der Waals surface area (Å²) in [5, 5.41) is 0. The number of thiocarbonyl (C=S) groups is 1. The van der Waals surface area contributed by atoms with Gasteiger partial charge >= 0.3 is 0 Å². The summed E-state index contributed by atoms with van der Waals surface area (Å²) in [5.41, 5.74) is 11.8. The number of nitrogens with two attached hydrogens (primary N) is 2. The van der Waals surface area contributed by atoms with Crippen molar-refractivity contribution in [3.05, 3.63) is 23.9 Å². The Morgan fingerprint density at radius 1 is 1.44 bits per heavy atom. The van der Waals surface area contributed by atoms with Crippen molar-refractivity contribution in [3.63, 3.8) is 0 Å². The van der Waals surface area contributed by atoms with Crippen molar-refractivity contribution in [1.82, 2.24) is 4.98 Å². The standard InChI is InChI=1S/C12H16N4OS/c13-11(17)9-3-1-2-6-16(9)10-7-8(12(14)18)4-5-15-10/h4-5,7,9H,1-3,6H2,(H2,13,17)(H2,14,18). The van der Waals surface area contributed by atoms with Gasteiger partial charge in [0.25, 0.3) is 0 Å². The minimum atomic E-state index is -0.308. The third-order valence-electron chi connectivity index (χ3n) is 3.16. The number of pyridine rings is 1. The van der Waals surface area contributed by atoms with E-state index in [1.54, 1.807) is 12.3 Å². The molecule has 0 bridgehead atoms. The molecule has 4 N–H and O–H groups in total. The normalized spacial score (nSPS) is 19.6. The number of carbonyl (C=O) groups excluding carboxylic acids is 1. The van der Waals surface area contributed by atoms with Gasteiger partial charge in [-0.05, 0) is 31.4 Å². The number of anilines is 1. The molecule has 96 valence electrons. The van der Waals surface area contributed by atoms with E-state index in [9.17, 15) is 4.79 Å². The molecule has 0 aromatic carbocycles. The smallest absolute Gasteiger partial charge is 0.240 e. The van der Waals surface area contributed by atoms with Crippen LogP contribution in [0, 0.1) is 0 Å². The molecular formula is C12H16N4OS. The fraction of sp³-hybridized carbons (Fsp3) is 0.417. The van der Waals surface area contributed by atoms with Crippen LogP contribution < -0.4 is 16.4 Å². The number of amides is 1. The van der Waals surface area contributed by atoms with Crippen molar-refractivity contribution >= 4 is 28.9 Å². The lowest BCUT2D eigenvalue weighted by atomic mass is 10.0. The molecule has 5 nitrogen and oxygen atoms in total. The van der Waals surface area contributed by atoms with E-state index in [-0.39, 0.29) is 11.9 Å². The molecule has 0 aliphatic carbocycles. The van der Waals surface area contributed by atoms with Gasteiger partial charge in [-0.2, -0.15) is 0 Å². The monoisotopic (exact) mass is 264 g/mol. The van der Waals surface area contributed by atoms with E-state index in [0.717, 1.165) is 31.4 Å². The fourth-order valence-corrected chi connectivity index (χ4v) is 2.36. The van der Waals surface area contributed by atoms with Gasteiger partial charge in [0.1, 0.15) is 16.8 Å². The molecule has 1 unspecified atom stereocenters. The lowest BCUT2D eigenvalue weighted by Crippen LogP contribution is -2.48. The van der Waals surface area contributed by atoms with E-state index in [4.69, 9.17) is 23.7 Å². The summed E-state index contributed by atoms with van der Waals surface area (Å²) >= 11 is 4.94. The van der Waals surface area contributed by atoms with E-state index >= 15 is 0 Å². The number of aromatic nitrogens is 1. The average molecular weight is 264 g/mol. The summed E-state index contributed by atoms with van der Waals surface area (Å²) in [6.45, 7) is 0.779. The maximum atomic E-state index is 11.5. The van der Waals surface area contributed by atoms with E-state index in [1.807, 2.05) is 11.0 Å². The maximum absolute atomic E-state index is 11.5. The van der Waals surface area contributed by atoms with Gasteiger partial charge in [-0.15, -0.1) is 0 Å². The number of hydrogen-bond acceptors (Lipinski definition) is 4. The molecule has 1 amide bonds. The Morgan fingerprint density at radius 2 is 2.22 bits per heavy atom. The molecule has 1 aliphatic heterocycles. The molecule has 1 aromatic heterocycles. The van der Waals surface area contributed by atoms with Crippen molar-refractivity contribution < 1.29 is 4.79 Å². The Morgan fingerprint density at radius 3 is 2.89 bits per heavy atom. The lowest BCUT2D eigenvalue weighted by Gasteiger charge is -2.34. The number of rotatable bonds is 3. The molecule has 1 aliphatic rings. The Bertz CT molecular complexity index is 477. The summed E-state index contributed by atoms with van der Waals surface area (Å²) in [4.78, 5) is 18.0. The molecule has 0 spiro atoms. The molecule has 6 heteroatoms. The highest BCUT2D eigenvalue weighted by Gasteiger charge is 2.27. The summed E-state index contributed by atoms with van der Waals surface area (Å²) in [6, 6.07) is 3.28. The number of hydrogen-bond donors (Lipinski definition) is 2. The van der Waals surface area contributed by atoms with Crippen molar-refractivity contribution in [1.29, 1.82) is 0 Å². The van der Waals surface area contributed by atoms with Crippen LogP contribution in [0.15, 0.2) is 18.3 Å². The molecule has 2 rings (SSSR count). The van der Waals surface area contributed by atoms with Gasteiger partial charge in [-0.25, -0.2) is 4.98 Å². The summed E-state index contributed by atoms with van der Waals surface area (Å²) in [6.07, 6.45) is 4.46. The van der Waals surface area contributed by atoms with Gasteiger partial charge in [0.05, 0.1) is 0 Å². The minimum absolute atomic E-state index is 0.284. The van der Waals surface area contributed by atoms with Crippen LogP contribution in [0.2, 0.25) is 0 Å². The SMILES string of the molecule is NC(=O)C1CCCCN1c1cc(C(N)=S)ccn1. The molecule has 2 heterocycles. The van der Waals surface area contributed by atoms with Crippen molar-refractivity contribution in [2.45, 2.75) is 25.3 Å². The number of nitrogens with zero attached hydrogens (tertiary/aromatic N) is 2. The molecule has 0 saturated carbocycles. The van der Waals surface area contributed by atoms with Crippen LogP contribution in [0.5, 0.6) is 0 Å². The van der Waals surface area contributed by atoms with Crippen LogP contribution >= 0.6 is 12.2 Å².